The van der Waals surface area contributed by atoms with Gasteiger partial charge in [-0.25, -0.2) is 0 Å². The molecule has 0 radical (unpaired) electrons. The first kappa shape index (κ1) is 21.5. The second-order valence-electron chi connectivity index (χ2n) is 8.41. The van der Waals surface area contributed by atoms with E-state index in [4.69, 9.17) is 9.16 Å². The van der Waals surface area contributed by atoms with Gasteiger partial charge in [0.05, 0.1) is 12.2 Å². The quantitative estimate of drug-likeness (QED) is 0.399. The van der Waals surface area contributed by atoms with Crippen molar-refractivity contribution in [3.8, 4) is 0 Å². The van der Waals surface area contributed by atoms with Crippen molar-refractivity contribution in [2.24, 2.45) is 0 Å². The minimum Gasteiger partial charge on any atom is -0.466 e. The van der Waals surface area contributed by atoms with Crippen molar-refractivity contribution in [1.29, 1.82) is 0 Å². The summed E-state index contributed by atoms with van der Waals surface area (Å²) in [7, 11) is -2.63. The lowest BCUT2D eigenvalue weighted by Gasteiger charge is -2.35. The van der Waals surface area contributed by atoms with Gasteiger partial charge in [0.2, 0.25) is 0 Å². The molecule has 3 aromatic carbocycles. The molecule has 31 heavy (non-hydrogen) atoms. The number of ether oxygens (including phenoxy) is 1. The molecule has 3 nitrogen and oxygen atoms in total. The van der Waals surface area contributed by atoms with Crippen LogP contribution in [0.2, 0.25) is 5.54 Å². The third-order valence-corrected chi connectivity index (χ3v) is 11.2. The van der Waals surface area contributed by atoms with Gasteiger partial charge in [0.1, 0.15) is 0 Å². The zero-order valence-corrected chi connectivity index (χ0v) is 19.3. The van der Waals surface area contributed by atoms with Crippen LogP contribution in [-0.2, 0) is 19.6 Å². The molecule has 0 bridgehead atoms. The number of benzene rings is 3. The minimum absolute atomic E-state index is 0.125. The Hall–Kier alpha value is -2.69. The van der Waals surface area contributed by atoms with Crippen molar-refractivity contribution in [2.45, 2.75) is 44.3 Å². The van der Waals surface area contributed by atoms with Crippen molar-refractivity contribution in [3.63, 3.8) is 0 Å². The monoisotopic (exact) mass is 430 g/mol. The largest absolute Gasteiger partial charge is 0.466 e. The number of carbonyl (C=O) groups excluding carboxylic acids is 1. The summed E-state index contributed by atoms with van der Waals surface area (Å²) in [6.45, 7) is 4.48. The summed E-state index contributed by atoms with van der Waals surface area (Å²) in [4.78, 5) is 12.3. The molecule has 4 rings (SSSR count). The predicted molar refractivity (Wildman–Crippen MR) is 127 cm³/mol. The molecule has 0 aromatic heterocycles. The Morgan fingerprint density at radius 3 is 1.97 bits per heavy atom. The maximum atomic E-state index is 12.3. The summed E-state index contributed by atoms with van der Waals surface area (Å²) in [6, 6.07) is 31.8. The van der Waals surface area contributed by atoms with Gasteiger partial charge in [-0.15, -0.1) is 0 Å². The van der Waals surface area contributed by atoms with Crippen LogP contribution in [-0.4, -0.2) is 20.9 Å². The normalized spacial score (nSPS) is 22.2. The minimum atomic E-state index is -2.63. The number of hydrogen-bond donors (Lipinski definition) is 0. The smallest absolute Gasteiger partial charge is 0.305 e. The molecule has 0 unspecified atom stereocenters. The first-order valence-electron chi connectivity index (χ1n) is 11.1. The topological polar surface area (TPSA) is 35.5 Å². The summed E-state index contributed by atoms with van der Waals surface area (Å²) < 4.78 is 12.5. The number of esters is 1. The van der Waals surface area contributed by atoms with E-state index in [0.29, 0.717) is 13.0 Å². The van der Waals surface area contributed by atoms with Crippen LogP contribution in [0.4, 0.5) is 0 Å². The molecule has 1 fully saturated rings. The number of carbonyl (C=O) groups is 1. The summed E-state index contributed by atoms with van der Waals surface area (Å²) in [5, 5.41) is 2.52. The van der Waals surface area contributed by atoms with Gasteiger partial charge < -0.3 is 9.16 Å². The van der Waals surface area contributed by atoms with Gasteiger partial charge in [-0.2, -0.15) is 0 Å². The molecule has 160 valence electrons. The fraction of sp³-hybridized carbons (Fsp3) is 0.296. The van der Waals surface area contributed by atoms with Crippen LogP contribution in [0.3, 0.4) is 0 Å². The summed E-state index contributed by atoms with van der Waals surface area (Å²) in [6.07, 6.45) is 2.06. The van der Waals surface area contributed by atoms with Crippen molar-refractivity contribution < 1.29 is 14.0 Å². The molecule has 0 spiro atoms. The fourth-order valence-electron chi connectivity index (χ4n) is 5.02. The van der Waals surface area contributed by atoms with E-state index in [1.165, 1.54) is 15.9 Å². The van der Waals surface area contributed by atoms with Crippen LogP contribution in [0.5, 0.6) is 0 Å². The Bertz CT molecular complexity index is 951. The standard InChI is InChI=1S/C27H30O3Si/c1-3-29-26(28)20-19-25-21-27(2,22-13-7-4-8-14-22)30-31(25,23-15-9-5-10-16-23)24-17-11-6-12-18-24/h4-18,25H,3,19-21H2,1-2H3/t25-,27+/m0/s1. The van der Waals surface area contributed by atoms with Gasteiger partial charge in [-0.1, -0.05) is 91.0 Å². The molecule has 2 atom stereocenters. The highest BCUT2D eigenvalue weighted by Crippen LogP contribution is 2.50. The lowest BCUT2D eigenvalue weighted by molar-refractivity contribution is -0.143. The summed E-state index contributed by atoms with van der Waals surface area (Å²) in [5.74, 6) is -0.125. The average Bonchev–Trinajstić information content (AvgIpc) is 3.14. The van der Waals surface area contributed by atoms with Crippen molar-refractivity contribution in [3.05, 3.63) is 96.6 Å². The molecule has 4 heteroatoms. The third kappa shape index (κ3) is 4.23. The molecular weight excluding hydrogens is 400 g/mol. The Labute approximate surface area is 186 Å². The number of hydrogen-bond acceptors (Lipinski definition) is 3. The molecular formula is C27H30O3Si. The van der Waals surface area contributed by atoms with Crippen molar-refractivity contribution >= 4 is 24.7 Å². The van der Waals surface area contributed by atoms with Crippen molar-refractivity contribution in [1.82, 2.24) is 0 Å². The molecule has 3 aromatic rings. The van der Waals surface area contributed by atoms with E-state index in [2.05, 4.69) is 91.9 Å². The first-order valence-corrected chi connectivity index (χ1v) is 13.1. The highest BCUT2D eigenvalue weighted by Gasteiger charge is 2.58. The fourth-order valence-corrected chi connectivity index (χ4v) is 10.2. The van der Waals surface area contributed by atoms with Gasteiger partial charge >= 0.3 is 5.97 Å². The Morgan fingerprint density at radius 1 is 0.935 bits per heavy atom. The van der Waals surface area contributed by atoms with Crippen LogP contribution in [0.25, 0.3) is 0 Å². The van der Waals surface area contributed by atoms with Gasteiger partial charge in [0, 0.05) is 6.42 Å². The van der Waals surface area contributed by atoms with E-state index >= 15 is 0 Å². The van der Waals surface area contributed by atoms with Crippen LogP contribution in [0, 0.1) is 0 Å². The molecule has 0 N–H and O–H groups in total. The first-order chi connectivity index (χ1) is 15.1. The summed E-state index contributed by atoms with van der Waals surface area (Å²) in [5.41, 5.74) is 1.04. The molecule has 1 saturated heterocycles. The zero-order valence-electron chi connectivity index (χ0n) is 18.3. The summed E-state index contributed by atoms with van der Waals surface area (Å²) >= 11 is 0. The molecule has 0 aliphatic carbocycles. The van der Waals surface area contributed by atoms with E-state index in [1.807, 2.05) is 13.0 Å². The van der Waals surface area contributed by atoms with Gasteiger partial charge in [0.15, 0.2) is 0 Å². The van der Waals surface area contributed by atoms with E-state index in [0.717, 1.165) is 12.8 Å². The van der Waals surface area contributed by atoms with E-state index in [-0.39, 0.29) is 11.5 Å². The average molecular weight is 431 g/mol. The Morgan fingerprint density at radius 2 is 1.45 bits per heavy atom. The lowest BCUT2D eigenvalue weighted by atomic mass is 9.90. The predicted octanol–water partition coefficient (Wildman–Crippen LogP) is 4.80. The molecule has 1 aliphatic heterocycles. The van der Waals surface area contributed by atoms with Crippen molar-refractivity contribution in [2.75, 3.05) is 6.61 Å². The zero-order chi connectivity index (χ0) is 21.7. The van der Waals surface area contributed by atoms with Crippen LogP contribution in [0.15, 0.2) is 91.0 Å². The van der Waals surface area contributed by atoms with Crippen LogP contribution < -0.4 is 10.4 Å². The molecule has 1 aliphatic rings. The van der Waals surface area contributed by atoms with Crippen LogP contribution >= 0.6 is 0 Å². The maximum absolute atomic E-state index is 12.3. The van der Waals surface area contributed by atoms with Gasteiger partial charge in [-0.3, -0.25) is 4.79 Å². The second-order valence-corrected chi connectivity index (χ2v) is 12.1. The highest BCUT2D eigenvalue weighted by molar-refractivity contribution is 6.99. The van der Waals surface area contributed by atoms with E-state index in [9.17, 15) is 4.79 Å². The van der Waals surface area contributed by atoms with Gasteiger partial charge in [-0.05, 0) is 48.2 Å². The molecule has 0 amide bonds. The van der Waals surface area contributed by atoms with Crippen LogP contribution in [0.1, 0.15) is 38.7 Å². The van der Waals surface area contributed by atoms with E-state index < -0.39 is 13.9 Å². The Kier molecular flexibility index (Phi) is 6.40. The molecule has 1 heterocycles. The highest BCUT2D eigenvalue weighted by atomic mass is 28.4. The third-order valence-electron chi connectivity index (χ3n) is 6.39. The molecule has 0 saturated carbocycles. The SMILES string of the molecule is CCOC(=O)CC[C@H]1C[C@](C)(c2ccccc2)O[Si]1(c1ccccc1)c1ccccc1. The van der Waals surface area contributed by atoms with E-state index in [1.54, 1.807) is 0 Å². The second kappa shape index (κ2) is 9.21. The van der Waals surface area contributed by atoms with Gasteiger partial charge in [0.25, 0.3) is 8.32 Å². The lowest BCUT2D eigenvalue weighted by Crippen LogP contribution is -2.62. The number of rotatable bonds is 7. The Balaban J connectivity index is 1.83. The maximum Gasteiger partial charge on any atom is 0.305 e.